The molecule has 1 saturated heterocycles. The SMILES string of the molecule is O=C(CCc1ccc(S(=O)(=O)N2CCCCC2)cc1)NCCc1cc(F)cc(F)c1. The van der Waals surface area contributed by atoms with Crippen molar-refractivity contribution in [2.75, 3.05) is 19.6 Å². The largest absolute Gasteiger partial charge is 0.356 e. The number of rotatable bonds is 8. The van der Waals surface area contributed by atoms with E-state index in [2.05, 4.69) is 5.32 Å². The van der Waals surface area contributed by atoms with E-state index in [1.807, 2.05) is 0 Å². The van der Waals surface area contributed by atoms with Gasteiger partial charge in [-0.1, -0.05) is 18.6 Å². The van der Waals surface area contributed by atoms with Crippen LogP contribution in [0.2, 0.25) is 0 Å². The normalized spacial score (nSPS) is 15.1. The Hall–Kier alpha value is -2.32. The number of aryl methyl sites for hydroxylation is 1. The van der Waals surface area contributed by atoms with Gasteiger partial charge in [0.25, 0.3) is 0 Å². The van der Waals surface area contributed by atoms with Gasteiger partial charge in [0.2, 0.25) is 15.9 Å². The van der Waals surface area contributed by atoms with E-state index in [1.165, 1.54) is 16.4 Å². The van der Waals surface area contributed by atoms with Crippen LogP contribution in [0, 0.1) is 11.6 Å². The molecule has 2 aromatic carbocycles. The van der Waals surface area contributed by atoms with Crippen molar-refractivity contribution < 1.29 is 22.0 Å². The molecule has 2 aromatic rings. The molecule has 1 aliphatic heterocycles. The first kappa shape index (κ1) is 22.4. The molecule has 1 aliphatic rings. The van der Waals surface area contributed by atoms with Gasteiger partial charge in [0, 0.05) is 32.1 Å². The van der Waals surface area contributed by atoms with Crippen molar-refractivity contribution in [3.63, 3.8) is 0 Å². The Kier molecular flexibility index (Phi) is 7.55. The summed E-state index contributed by atoms with van der Waals surface area (Å²) in [6.07, 6.45) is 3.90. The summed E-state index contributed by atoms with van der Waals surface area (Å²) in [6.45, 7) is 1.41. The first-order chi connectivity index (χ1) is 14.3. The van der Waals surface area contributed by atoms with E-state index in [0.29, 0.717) is 31.5 Å². The molecule has 0 saturated carbocycles. The molecule has 30 heavy (non-hydrogen) atoms. The zero-order valence-electron chi connectivity index (χ0n) is 16.7. The minimum atomic E-state index is -3.45. The fraction of sp³-hybridized carbons (Fsp3) is 0.409. The number of nitrogens with one attached hydrogen (secondary N) is 1. The molecule has 0 atom stereocenters. The van der Waals surface area contributed by atoms with E-state index in [1.54, 1.807) is 24.3 Å². The number of carbonyl (C=O) groups excluding carboxylic acids is 1. The number of carbonyl (C=O) groups is 1. The van der Waals surface area contributed by atoms with Crippen LogP contribution >= 0.6 is 0 Å². The van der Waals surface area contributed by atoms with Crippen LogP contribution in [0.5, 0.6) is 0 Å². The predicted octanol–water partition coefficient (Wildman–Crippen LogP) is 3.43. The quantitative estimate of drug-likeness (QED) is 0.690. The van der Waals surface area contributed by atoms with Gasteiger partial charge >= 0.3 is 0 Å². The lowest BCUT2D eigenvalue weighted by Gasteiger charge is -2.25. The number of piperidine rings is 1. The second-order valence-corrected chi connectivity index (χ2v) is 9.42. The number of benzene rings is 2. The highest BCUT2D eigenvalue weighted by atomic mass is 32.2. The van der Waals surface area contributed by atoms with Gasteiger partial charge in [0.15, 0.2) is 0 Å². The highest BCUT2D eigenvalue weighted by Crippen LogP contribution is 2.21. The molecule has 5 nitrogen and oxygen atoms in total. The van der Waals surface area contributed by atoms with Crippen molar-refractivity contribution in [2.24, 2.45) is 0 Å². The van der Waals surface area contributed by atoms with Gasteiger partial charge in [-0.15, -0.1) is 0 Å². The Labute approximate surface area is 176 Å². The minimum Gasteiger partial charge on any atom is -0.356 e. The molecule has 162 valence electrons. The monoisotopic (exact) mass is 436 g/mol. The maximum absolute atomic E-state index is 13.2. The molecule has 1 heterocycles. The van der Waals surface area contributed by atoms with E-state index >= 15 is 0 Å². The number of amides is 1. The third-order valence-corrected chi connectivity index (χ3v) is 7.09. The highest BCUT2D eigenvalue weighted by Gasteiger charge is 2.25. The number of halogens is 2. The zero-order valence-corrected chi connectivity index (χ0v) is 17.6. The van der Waals surface area contributed by atoms with E-state index < -0.39 is 21.7 Å². The summed E-state index contributed by atoms with van der Waals surface area (Å²) < 4.78 is 53.2. The highest BCUT2D eigenvalue weighted by molar-refractivity contribution is 7.89. The van der Waals surface area contributed by atoms with Crippen molar-refractivity contribution in [2.45, 2.75) is 43.4 Å². The fourth-order valence-corrected chi connectivity index (χ4v) is 5.05. The summed E-state index contributed by atoms with van der Waals surface area (Å²) >= 11 is 0. The molecule has 8 heteroatoms. The van der Waals surface area contributed by atoms with Gasteiger partial charge in [0.1, 0.15) is 11.6 Å². The molecule has 0 bridgehead atoms. The van der Waals surface area contributed by atoms with Gasteiger partial charge < -0.3 is 5.32 Å². The number of hydrogen-bond acceptors (Lipinski definition) is 3. The molecule has 3 rings (SSSR count). The molecular weight excluding hydrogens is 410 g/mol. The number of nitrogens with zero attached hydrogens (tertiary/aromatic N) is 1. The van der Waals surface area contributed by atoms with E-state index in [0.717, 1.165) is 30.9 Å². The summed E-state index contributed by atoms with van der Waals surface area (Å²) in [7, 11) is -3.45. The molecular formula is C22H26F2N2O3S. The van der Waals surface area contributed by atoms with E-state index in [4.69, 9.17) is 0 Å². The lowest BCUT2D eigenvalue weighted by molar-refractivity contribution is -0.121. The number of sulfonamides is 1. The summed E-state index contributed by atoms with van der Waals surface area (Å²) in [4.78, 5) is 12.3. The topological polar surface area (TPSA) is 66.5 Å². The minimum absolute atomic E-state index is 0.170. The van der Waals surface area contributed by atoms with Crippen molar-refractivity contribution in [1.29, 1.82) is 0 Å². The van der Waals surface area contributed by atoms with Crippen LogP contribution in [0.1, 0.15) is 36.8 Å². The fourth-order valence-electron chi connectivity index (χ4n) is 3.53. The average molecular weight is 437 g/mol. The Balaban J connectivity index is 1.45. The van der Waals surface area contributed by atoms with Gasteiger partial charge in [0.05, 0.1) is 4.90 Å². The van der Waals surface area contributed by atoms with Crippen LogP contribution < -0.4 is 5.32 Å². The molecule has 1 fully saturated rings. The smallest absolute Gasteiger partial charge is 0.243 e. The molecule has 0 radical (unpaired) electrons. The third kappa shape index (κ3) is 6.09. The Bertz CT molecular complexity index is 952. The Morgan fingerprint density at radius 1 is 0.900 bits per heavy atom. The van der Waals surface area contributed by atoms with Gasteiger partial charge in [-0.25, -0.2) is 17.2 Å². The first-order valence-electron chi connectivity index (χ1n) is 10.2. The molecule has 0 aromatic heterocycles. The van der Waals surface area contributed by atoms with Crippen molar-refractivity contribution in [1.82, 2.24) is 9.62 Å². The first-order valence-corrected chi connectivity index (χ1v) is 11.6. The van der Waals surface area contributed by atoms with Crippen LogP contribution in [0.4, 0.5) is 8.78 Å². The molecule has 0 spiro atoms. The maximum atomic E-state index is 13.2. The third-order valence-electron chi connectivity index (χ3n) is 5.18. The Morgan fingerprint density at radius 2 is 1.53 bits per heavy atom. The van der Waals surface area contributed by atoms with Crippen LogP contribution in [0.3, 0.4) is 0 Å². The second-order valence-electron chi connectivity index (χ2n) is 7.49. The standard InChI is InChI=1S/C22H26F2N2O3S/c23-19-14-18(15-20(24)16-19)10-11-25-22(27)9-6-17-4-7-21(8-5-17)30(28,29)26-12-2-1-3-13-26/h4-5,7-8,14-16H,1-3,6,9-13H2,(H,25,27). The van der Waals surface area contributed by atoms with Crippen molar-refractivity contribution in [3.8, 4) is 0 Å². The van der Waals surface area contributed by atoms with Crippen LogP contribution in [0.25, 0.3) is 0 Å². The van der Waals surface area contributed by atoms with Gasteiger partial charge in [-0.2, -0.15) is 4.31 Å². The van der Waals surface area contributed by atoms with Crippen LogP contribution in [-0.2, 0) is 27.7 Å². The summed E-state index contributed by atoms with van der Waals surface area (Å²) in [5.74, 6) is -1.44. The van der Waals surface area contributed by atoms with Crippen LogP contribution in [0.15, 0.2) is 47.4 Å². The average Bonchev–Trinajstić information content (AvgIpc) is 2.72. The zero-order chi connectivity index (χ0) is 21.6. The van der Waals surface area contributed by atoms with E-state index in [-0.39, 0.29) is 23.8 Å². The maximum Gasteiger partial charge on any atom is 0.243 e. The van der Waals surface area contributed by atoms with E-state index in [9.17, 15) is 22.0 Å². The molecule has 1 N–H and O–H groups in total. The number of hydrogen-bond donors (Lipinski definition) is 1. The van der Waals surface area contributed by atoms with Crippen LogP contribution in [-0.4, -0.2) is 38.3 Å². The molecule has 0 unspecified atom stereocenters. The lowest BCUT2D eigenvalue weighted by atomic mass is 10.1. The van der Waals surface area contributed by atoms with Crippen molar-refractivity contribution in [3.05, 3.63) is 65.2 Å². The summed E-state index contributed by atoms with van der Waals surface area (Å²) in [6, 6.07) is 9.96. The predicted molar refractivity (Wildman–Crippen MR) is 110 cm³/mol. The van der Waals surface area contributed by atoms with Gasteiger partial charge in [-0.3, -0.25) is 4.79 Å². The summed E-state index contributed by atoms with van der Waals surface area (Å²) in [5.41, 5.74) is 1.35. The summed E-state index contributed by atoms with van der Waals surface area (Å²) in [5, 5.41) is 2.73. The Morgan fingerprint density at radius 3 is 2.17 bits per heavy atom. The lowest BCUT2D eigenvalue weighted by Crippen LogP contribution is -2.35. The molecule has 0 aliphatic carbocycles. The van der Waals surface area contributed by atoms with Crippen molar-refractivity contribution >= 4 is 15.9 Å². The molecule has 1 amide bonds. The van der Waals surface area contributed by atoms with Gasteiger partial charge in [-0.05, 0) is 61.1 Å². The second kappa shape index (κ2) is 10.1.